The second kappa shape index (κ2) is 4.94. The summed E-state index contributed by atoms with van der Waals surface area (Å²) in [5.74, 6) is -0.419. The number of primary amides is 1. The monoisotopic (exact) mass is 237 g/mol. The van der Waals surface area contributed by atoms with E-state index in [1.807, 2.05) is 25.1 Å². The number of thiocarbonyl (C=S) groups is 1. The number of nitrogens with one attached hydrogen (secondary N) is 1. The Balaban J connectivity index is 3.11. The lowest BCUT2D eigenvalue weighted by Crippen LogP contribution is -2.33. The molecule has 0 heterocycles. The molecule has 0 bridgehead atoms. The first-order valence-electron chi connectivity index (χ1n) is 4.88. The van der Waals surface area contributed by atoms with E-state index in [9.17, 15) is 4.79 Å². The number of hydrogen-bond donors (Lipinski definition) is 3. The average Bonchev–Trinajstić information content (AvgIpc) is 2.20. The van der Waals surface area contributed by atoms with Crippen molar-refractivity contribution in [1.82, 2.24) is 0 Å². The zero-order chi connectivity index (χ0) is 12.3. The Kier molecular flexibility index (Phi) is 3.84. The third-order valence-corrected chi connectivity index (χ3v) is 2.55. The average molecular weight is 237 g/mol. The molecule has 86 valence electrons. The molecule has 1 atom stereocenters. The zero-order valence-electron chi connectivity index (χ0n) is 9.28. The van der Waals surface area contributed by atoms with Gasteiger partial charge in [-0.15, -0.1) is 0 Å². The third-order valence-electron chi connectivity index (χ3n) is 2.33. The van der Waals surface area contributed by atoms with Gasteiger partial charge in [0.05, 0.1) is 0 Å². The van der Waals surface area contributed by atoms with E-state index in [1.165, 1.54) is 0 Å². The first-order chi connectivity index (χ1) is 7.43. The van der Waals surface area contributed by atoms with Crippen LogP contribution in [0.4, 0.5) is 5.69 Å². The molecule has 5 heteroatoms. The summed E-state index contributed by atoms with van der Waals surface area (Å²) in [5, 5.41) is 3.02. The molecule has 0 aromatic heterocycles. The van der Waals surface area contributed by atoms with Gasteiger partial charge in [0.2, 0.25) is 5.91 Å². The molecule has 1 aromatic rings. The van der Waals surface area contributed by atoms with E-state index in [-0.39, 0.29) is 0 Å². The van der Waals surface area contributed by atoms with E-state index in [0.717, 1.165) is 16.8 Å². The van der Waals surface area contributed by atoms with Crippen LogP contribution in [0, 0.1) is 6.92 Å². The lowest BCUT2D eigenvalue weighted by molar-refractivity contribution is -0.118. The largest absolute Gasteiger partial charge is 0.389 e. The summed E-state index contributed by atoms with van der Waals surface area (Å²) < 4.78 is 0. The van der Waals surface area contributed by atoms with Crippen molar-refractivity contribution in [2.75, 3.05) is 5.32 Å². The molecule has 0 saturated carbocycles. The molecule has 1 unspecified atom stereocenters. The van der Waals surface area contributed by atoms with Gasteiger partial charge >= 0.3 is 0 Å². The number of rotatable bonds is 4. The molecule has 16 heavy (non-hydrogen) atoms. The number of amides is 1. The number of anilines is 1. The minimum absolute atomic E-state index is 0.294. The SMILES string of the molecule is Cc1cccc(C(N)=S)c1NC(C)C(N)=O. The molecule has 1 aromatic carbocycles. The number of carbonyl (C=O) groups is 1. The number of carbonyl (C=O) groups excluding carboxylic acids is 1. The summed E-state index contributed by atoms with van der Waals surface area (Å²) in [6.07, 6.45) is 0. The van der Waals surface area contributed by atoms with Gasteiger partial charge in [0, 0.05) is 11.3 Å². The predicted molar refractivity (Wildman–Crippen MR) is 69.3 cm³/mol. The van der Waals surface area contributed by atoms with Gasteiger partial charge in [-0.3, -0.25) is 4.79 Å². The van der Waals surface area contributed by atoms with Gasteiger partial charge in [0.25, 0.3) is 0 Å². The maximum absolute atomic E-state index is 11.0. The lowest BCUT2D eigenvalue weighted by Gasteiger charge is -2.17. The van der Waals surface area contributed by atoms with E-state index in [2.05, 4.69) is 5.32 Å². The quantitative estimate of drug-likeness (QED) is 0.680. The van der Waals surface area contributed by atoms with Crippen molar-refractivity contribution in [2.24, 2.45) is 11.5 Å². The van der Waals surface area contributed by atoms with Gasteiger partial charge in [-0.2, -0.15) is 0 Å². The van der Waals surface area contributed by atoms with Crippen molar-refractivity contribution in [3.8, 4) is 0 Å². The lowest BCUT2D eigenvalue weighted by atomic mass is 10.1. The fraction of sp³-hybridized carbons (Fsp3) is 0.273. The summed E-state index contributed by atoms with van der Waals surface area (Å²) in [7, 11) is 0. The summed E-state index contributed by atoms with van der Waals surface area (Å²) in [6.45, 7) is 3.61. The number of benzene rings is 1. The fourth-order valence-corrected chi connectivity index (χ4v) is 1.52. The van der Waals surface area contributed by atoms with Crippen molar-refractivity contribution in [1.29, 1.82) is 0 Å². The minimum atomic E-state index is -0.464. The van der Waals surface area contributed by atoms with Crippen LogP contribution in [0.15, 0.2) is 18.2 Å². The maximum Gasteiger partial charge on any atom is 0.239 e. The van der Waals surface area contributed by atoms with E-state index in [4.69, 9.17) is 23.7 Å². The first kappa shape index (κ1) is 12.4. The van der Waals surface area contributed by atoms with E-state index >= 15 is 0 Å². The molecule has 0 saturated heterocycles. The van der Waals surface area contributed by atoms with Crippen molar-refractivity contribution in [2.45, 2.75) is 19.9 Å². The van der Waals surface area contributed by atoms with Crippen LogP contribution in [0.5, 0.6) is 0 Å². The van der Waals surface area contributed by atoms with Crippen LogP contribution in [0.25, 0.3) is 0 Å². The van der Waals surface area contributed by atoms with Crippen molar-refractivity contribution in [3.63, 3.8) is 0 Å². The van der Waals surface area contributed by atoms with Crippen molar-refractivity contribution < 1.29 is 4.79 Å². The fourth-order valence-electron chi connectivity index (χ4n) is 1.35. The molecule has 1 amide bonds. The van der Waals surface area contributed by atoms with Crippen molar-refractivity contribution in [3.05, 3.63) is 29.3 Å². The van der Waals surface area contributed by atoms with Crippen LogP contribution in [-0.4, -0.2) is 16.9 Å². The number of hydrogen-bond acceptors (Lipinski definition) is 3. The zero-order valence-corrected chi connectivity index (χ0v) is 10.1. The summed E-state index contributed by atoms with van der Waals surface area (Å²) in [5.41, 5.74) is 13.3. The second-order valence-corrected chi connectivity index (χ2v) is 4.07. The second-order valence-electron chi connectivity index (χ2n) is 3.63. The highest BCUT2D eigenvalue weighted by Crippen LogP contribution is 2.21. The van der Waals surface area contributed by atoms with Crippen LogP contribution in [0.3, 0.4) is 0 Å². The smallest absolute Gasteiger partial charge is 0.239 e. The van der Waals surface area contributed by atoms with Crippen LogP contribution in [0.1, 0.15) is 18.1 Å². The number of nitrogens with two attached hydrogens (primary N) is 2. The molecule has 0 aliphatic carbocycles. The minimum Gasteiger partial charge on any atom is -0.389 e. The van der Waals surface area contributed by atoms with Gasteiger partial charge in [-0.1, -0.05) is 24.4 Å². The van der Waals surface area contributed by atoms with Gasteiger partial charge < -0.3 is 16.8 Å². The Morgan fingerprint density at radius 2 is 2.06 bits per heavy atom. The highest BCUT2D eigenvalue weighted by Gasteiger charge is 2.13. The summed E-state index contributed by atoms with van der Waals surface area (Å²) >= 11 is 4.95. The van der Waals surface area contributed by atoms with E-state index in [1.54, 1.807) is 6.92 Å². The van der Waals surface area contributed by atoms with Gasteiger partial charge in [0.15, 0.2) is 0 Å². The number of aryl methyl sites for hydroxylation is 1. The Morgan fingerprint density at radius 1 is 1.44 bits per heavy atom. The molecule has 4 nitrogen and oxygen atoms in total. The molecule has 0 fully saturated rings. The Hall–Kier alpha value is -1.62. The summed E-state index contributed by atoms with van der Waals surface area (Å²) in [4.78, 5) is 11.3. The Bertz CT molecular complexity index is 431. The molecular formula is C11H15N3OS. The van der Waals surface area contributed by atoms with Crippen LogP contribution >= 0.6 is 12.2 Å². The maximum atomic E-state index is 11.0. The third kappa shape index (κ3) is 2.70. The first-order valence-corrected chi connectivity index (χ1v) is 5.29. The highest BCUT2D eigenvalue weighted by atomic mass is 32.1. The predicted octanol–water partition coefficient (Wildman–Crippen LogP) is 0.915. The van der Waals surface area contributed by atoms with Gasteiger partial charge in [0.1, 0.15) is 11.0 Å². The standard InChI is InChI=1S/C11H15N3OS/c1-6-4-3-5-8(11(13)16)9(6)14-7(2)10(12)15/h3-5,7,14H,1-2H3,(H2,12,15)(H2,13,16). The highest BCUT2D eigenvalue weighted by molar-refractivity contribution is 7.80. The van der Waals surface area contributed by atoms with Gasteiger partial charge in [-0.25, -0.2) is 0 Å². The topological polar surface area (TPSA) is 81.1 Å². The molecule has 0 spiro atoms. The molecule has 0 aliphatic heterocycles. The van der Waals surface area contributed by atoms with Crippen molar-refractivity contribution >= 4 is 28.8 Å². The van der Waals surface area contributed by atoms with Crippen LogP contribution in [0.2, 0.25) is 0 Å². The van der Waals surface area contributed by atoms with E-state index < -0.39 is 11.9 Å². The van der Waals surface area contributed by atoms with Crippen LogP contribution < -0.4 is 16.8 Å². The Morgan fingerprint density at radius 3 is 2.56 bits per heavy atom. The number of para-hydroxylation sites is 1. The van der Waals surface area contributed by atoms with E-state index in [0.29, 0.717) is 4.99 Å². The van der Waals surface area contributed by atoms with Crippen LogP contribution in [-0.2, 0) is 4.79 Å². The molecule has 5 N–H and O–H groups in total. The normalized spacial score (nSPS) is 11.9. The van der Waals surface area contributed by atoms with Gasteiger partial charge in [-0.05, 0) is 25.5 Å². The molecule has 0 aliphatic rings. The molecular weight excluding hydrogens is 222 g/mol. The summed E-state index contributed by atoms with van der Waals surface area (Å²) in [6, 6.07) is 5.13. The molecule has 0 radical (unpaired) electrons. The Labute approximate surface area is 100 Å². The molecule has 1 rings (SSSR count).